The maximum atomic E-state index is 12.4. The number of fused-ring (bicyclic) bond motifs is 1. The van der Waals surface area contributed by atoms with E-state index in [2.05, 4.69) is 4.72 Å². The van der Waals surface area contributed by atoms with Crippen molar-refractivity contribution in [3.05, 3.63) is 53.9 Å². The van der Waals surface area contributed by atoms with Crippen molar-refractivity contribution in [2.24, 2.45) is 7.05 Å². The summed E-state index contributed by atoms with van der Waals surface area (Å²) in [5.74, 6) is -0.633. The van der Waals surface area contributed by atoms with E-state index in [1.54, 1.807) is 42.1 Å². The van der Waals surface area contributed by atoms with Gasteiger partial charge in [0.2, 0.25) is 0 Å². The third-order valence-electron chi connectivity index (χ3n) is 3.53. The summed E-state index contributed by atoms with van der Waals surface area (Å²) in [6.45, 7) is 0.342. The lowest BCUT2D eigenvalue weighted by molar-refractivity contribution is 0.0973. The van der Waals surface area contributed by atoms with Gasteiger partial charge in [0.15, 0.2) is 0 Å². The predicted octanol–water partition coefficient (Wildman–Crippen LogP) is 1.06. The first-order valence-corrected chi connectivity index (χ1v) is 7.97. The number of aryl methyl sites for hydroxylation is 1. The second kappa shape index (κ2) is 4.92. The molecule has 21 heavy (non-hydrogen) atoms. The molecule has 7 heteroatoms. The number of amides is 1. The average Bonchev–Trinajstić information content (AvgIpc) is 3.04. The van der Waals surface area contributed by atoms with Gasteiger partial charge < -0.3 is 4.57 Å². The molecule has 0 aliphatic carbocycles. The van der Waals surface area contributed by atoms with Gasteiger partial charge in [0.1, 0.15) is 5.69 Å². The third-order valence-corrected chi connectivity index (χ3v) is 4.94. The quantitative estimate of drug-likeness (QED) is 0.922. The molecule has 0 saturated carbocycles. The number of para-hydroxylation sites is 1. The Morgan fingerprint density at radius 1 is 1.19 bits per heavy atom. The van der Waals surface area contributed by atoms with Crippen LogP contribution < -0.4 is 9.03 Å². The van der Waals surface area contributed by atoms with Crippen LogP contribution in [0.15, 0.2) is 42.6 Å². The Morgan fingerprint density at radius 3 is 2.67 bits per heavy atom. The Balaban J connectivity index is 1.86. The minimum atomic E-state index is -3.89. The molecule has 1 N–H and O–H groups in total. The summed E-state index contributed by atoms with van der Waals surface area (Å²) >= 11 is 0. The Hall–Kier alpha value is -2.28. The molecular formula is C14H15N3O3S. The molecule has 110 valence electrons. The number of rotatable bonds is 3. The molecule has 1 aromatic carbocycles. The maximum absolute atomic E-state index is 12.4. The predicted molar refractivity (Wildman–Crippen MR) is 79.3 cm³/mol. The van der Waals surface area contributed by atoms with Crippen molar-refractivity contribution in [1.82, 2.24) is 9.29 Å². The van der Waals surface area contributed by atoms with Crippen LogP contribution >= 0.6 is 0 Å². The van der Waals surface area contributed by atoms with E-state index in [-0.39, 0.29) is 0 Å². The van der Waals surface area contributed by atoms with Crippen molar-refractivity contribution in [3.8, 4) is 0 Å². The molecular weight excluding hydrogens is 290 g/mol. The minimum absolute atomic E-state index is 0.297. The van der Waals surface area contributed by atoms with E-state index in [0.29, 0.717) is 24.3 Å². The van der Waals surface area contributed by atoms with Crippen molar-refractivity contribution in [1.29, 1.82) is 0 Å². The molecule has 0 spiro atoms. The molecule has 0 fully saturated rings. The Bertz CT molecular complexity index is 795. The standard InChI is InChI=1S/C14H15N3O3S/c1-16-9-4-7-13(16)14(18)15-21(19,20)17-10-8-11-5-2-3-6-12(11)17/h2-7,9H,8,10H2,1H3,(H,15,18). The SMILES string of the molecule is Cn1cccc1C(=O)NS(=O)(=O)N1CCc2ccccc21. The lowest BCUT2D eigenvalue weighted by Gasteiger charge is -2.19. The molecule has 0 atom stereocenters. The largest absolute Gasteiger partial charge is 0.347 e. The molecule has 0 bridgehead atoms. The van der Waals surface area contributed by atoms with Crippen LogP contribution in [0.1, 0.15) is 16.1 Å². The molecule has 3 rings (SSSR count). The third kappa shape index (κ3) is 2.40. The molecule has 0 radical (unpaired) electrons. The van der Waals surface area contributed by atoms with Crippen LogP contribution in [-0.2, 0) is 23.7 Å². The van der Waals surface area contributed by atoms with E-state index in [1.807, 2.05) is 12.1 Å². The molecule has 6 nitrogen and oxygen atoms in total. The van der Waals surface area contributed by atoms with Crippen LogP contribution in [0, 0.1) is 0 Å². The van der Waals surface area contributed by atoms with Crippen molar-refractivity contribution < 1.29 is 13.2 Å². The highest BCUT2D eigenvalue weighted by Gasteiger charge is 2.30. The highest BCUT2D eigenvalue weighted by molar-refractivity contribution is 7.91. The van der Waals surface area contributed by atoms with Crippen LogP contribution in [0.3, 0.4) is 0 Å². The molecule has 1 amide bonds. The lowest BCUT2D eigenvalue weighted by atomic mass is 10.2. The lowest BCUT2D eigenvalue weighted by Crippen LogP contribution is -2.43. The minimum Gasteiger partial charge on any atom is -0.347 e. The highest BCUT2D eigenvalue weighted by Crippen LogP contribution is 2.29. The van der Waals surface area contributed by atoms with Gasteiger partial charge in [-0.3, -0.25) is 9.10 Å². The number of hydrogen-bond acceptors (Lipinski definition) is 3. The van der Waals surface area contributed by atoms with E-state index >= 15 is 0 Å². The number of aromatic nitrogens is 1. The topological polar surface area (TPSA) is 71.4 Å². The maximum Gasteiger partial charge on any atom is 0.326 e. The zero-order valence-electron chi connectivity index (χ0n) is 11.5. The number of benzene rings is 1. The van der Waals surface area contributed by atoms with Crippen LogP contribution in [0.4, 0.5) is 5.69 Å². The van der Waals surface area contributed by atoms with Crippen LogP contribution in [0.2, 0.25) is 0 Å². The number of carbonyl (C=O) groups excluding carboxylic acids is 1. The van der Waals surface area contributed by atoms with Gasteiger partial charge in [-0.05, 0) is 30.2 Å². The zero-order valence-corrected chi connectivity index (χ0v) is 12.3. The number of anilines is 1. The van der Waals surface area contributed by atoms with Gasteiger partial charge in [-0.2, -0.15) is 8.42 Å². The smallest absolute Gasteiger partial charge is 0.326 e. The summed E-state index contributed by atoms with van der Waals surface area (Å²) in [5.41, 5.74) is 1.89. The molecule has 1 aliphatic rings. The Kier molecular flexibility index (Phi) is 3.21. The molecule has 2 heterocycles. The summed E-state index contributed by atoms with van der Waals surface area (Å²) in [5, 5.41) is 0. The van der Waals surface area contributed by atoms with Gasteiger partial charge in [-0.15, -0.1) is 0 Å². The van der Waals surface area contributed by atoms with Crippen LogP contribution in [0.5, 0.6) is 0 Å². The summed E-state index contributed by atoms with van der Waals surface area (Å²) in [7, 11) is -2.21. The van der Waals surface area contributed by atoms with E-state index in [4.69, 9.17) is 0 Å². The highest BCUT2D eigenvalue weighted by atomic mass is 32.2. The van der Waals surface area contributed by atoms with Crippen molar-refractivity contribution in [3.63, 3.8) is 0 Å². The second-order valence-corrected chi connectivity index (χ2v) is 6.49. The van der Waals surface area contributed by atoms with Gasteiger partial charge in [0.25, 0.3) is 5.91 Å². The number of nitrogens with one attached hydrogen (secondary N) is 1. The van der Waals surface area contributed by atoms with E-state index in [9.17, 15) is 13.2 Å². The molecule has 0 unspecified atom stereocenters. The van der Waals surface area contributed by atoms with Gasteiger partial charge in [0.05, 0.1) is 5.69 Å². The first-order chi connectivity index (χ1) is 9.99. The molecule has 1 aromatic heterocycles. The average molecular weight is 305 g/mol. The summed E-state index contributed by atoms with van der Waals surface area (Å²) in [4.78, 5) is 12.1. The van der Waals surface area contributed by atoms with Crippen LogP contribution in [-0.4, -0.2) is 25.4 Å². The van der Waals surface area contributed by atoms with Crippen LogP contribution in [0.25, 0.3) is 0 Å². The fourth-order valence-electron chi connectivity index (χ4n) is 2.48. The Labute approximate surface area is 123 Å². The van der Waals surface area contributed by atoms with Gasteiger partial charge in [0, 0.05) is 19.8 Å². The first-order valence-electron chi connectivity index (χ1n) is 6.53. The van der Waals surface area contributed by atoms with E-state index in [1.165, 1.54) is 4.31 Å². The van der Waals surface area contributed by atoms with Gasteiger partial charge >= 0.3 is 10.2 Å². The summed E-state index contributed by atoms with van der Waals surface area (Å²) in [6, 6.07) is 10.6. The second-order valence-electron chi connectivity index (χ2n) is 4.89. The summed E-state index contributed by atoms with van der Waals surface area (Å²) in [6.07, 6.45) is 2.34. The fraction of sp³-hybridized carbons (Fsp3) is 0.214. The summed E-state index contributed by atoms with van der Waals surface area (Å²) < 4.78 is 29.7. The van der Waals surface area contributed by atoms with Gasteiger partial charge in [-0.25, -0.2) is 4.72 Å². The monoisotopic (exact) mass is 305 g/mol. The normalized spacial score (nSPS) is 14.0. The number of nitrogens with zero attached hydrogens (tertiary/aromatic N) is 2. The molecule has 0 saturated heterocycles. The first kappa shape index (κ1) is 13.7. The number of hydrogen-bond donors (Lipinski definition) is 1. The Morgan fingerprint density at radius 2 is 1.95 bits per heavy atom. The van der Waals surface area contributed by atoms with Crippen molar-refractivity contribution in [2.75, 3.05) is 10.8 Å². The van der Waals surface area contributed by atoms with Crippen molar-refractivity contribution >= 4 is 21.8 Å². The molecule has 1 aliphatic heterocycles. The number of carbonyl (C=O) groups is 1. The molecule has 2 aromatic rings. The van der Waals surface area contributed by atoms with E-state index in [0.717, 1.165) is 5.56 Å². The van der Waals surface area contributed by atoms with E-state index < -0.39 is 16.1 Å². The van der Waals surface area contributed by atoms with Gasteiger partial charge in [-0.1, -0.05) is 18.2 Å². The zero-order chi connectivity index (χ0) is 15.0. The van der Waals surface area contributed by atoms with Crippen molar-refractivity contribution in [2.45, 2.75) is 6.42 Å². The fourth-order valence-corrected chi connectivity index (χ4v) is 3.70.